The molecule has 2 heterocycles. The first-order chi connectivity index (χ1) is 10.3. The van der Waals surface area contributed by atoms with Crippen LogP contribution in [0, 0.1) is 0 Å². The smallest absolute Gasteiger partial charge is 0.132 e. The van der Waals surface area contributed by atoms with Crippen LogP contribution in [0.1, 0.15) is 12.0 Å². The van der Waals surface area contributed by atoms with E-state index in [1.807, 2.05) is 0 Å². The molecule has 1 fully saturated rings. The number of aryl methyl sites for hydroxylation is 1. The van der Waals surface area contributed by atoms with Gasteiger partial charge in [0.15, 0.2) is 0 Å². The predicted octanol–water partition coefficient (Wildman–Crippen LogP) is 1.88. The molecule has 112 valence electrons. The second kappa shape index (κ2) is 6.41. The molecular formula is C17H24N4. The molecule has 0 atom stereocenters. The highest BCUT2D eigenvalue weighted by Gasteiger charge is 2.18. The molecule has 0 amide bonds. The minimum atomic E-state index is 0.731. The first kappa shape index (κ1) is 14.3. The summed E-state index contributed by atoms with van der Waals surface area (Å²) in [6.07, 6.45) is 2.02. The molecule has 0 radical (unpaired) electrons. The van der Waals surface area contributed by atoms with Crippen LogP contribution in [0.15, 0.2) is 30.3 Å². The maximum absolute atomic E-state index is 5.70. The van der Waals surface area contributed by atoms with Crippen LogP contribution in [0.25, 0.3) is 10.9 Å². The van der Waals surface area contributed by atoms with Gasteiger partial charge in [-0.15, -0.1) is 0 Å². The van der Waals surface area contributed by atoms with E-state index in [0.717, 1.165) is 56.9 Å². The van der Waals surface area contributed by atoms with Crippen molar-refractivity contribution in [3.05, 3.63) is 35.9 Å². The van der Waals surface area contributed by atoms with Gasteiger partial charge < -0.3 is 15.5 Å². The number of piperazine rings is 1. The van der Waals surface area contributed by atoms with E-state index in [1.165, 1.54) is 10.9 Å². The third-order valence-corrected chi connectivity index (χ3v) is 4.23. The second-order valence-corrected chi connectivity index (χ2v) is 5.85. The van der Waals surface area contributed by atoms with E-state index in [0.29, 0.717) is 0 Å². The van der Waals surface area contributed by atoms with E-state index < -0.39 is 0 Å². The number of likely N-dealkylation sites (N-methyl/N-ethyl adjacent to an activating group) is 1. The molecule has 1 aliphatic rings. The van der Waals surface area contributed by atoms with Crippen LogP contribution < -0.4 is 10.6 Å². The van der Waals surface area contributed by atoms with Crippen LogP contribution in [-0.4, -0.2) is 49.7 Å². The van der Waals surface area contributed by atoms with Gasteiger partial charge in [-0.3, -0.25) is 0 Å². The van der Waals surface area contributed by atoms with Crippen molar-refractivity contribution in [2.75, 3.05) is 44.7 Å². The predicted molar refractivity (Wildman–Crippen MR) is 88.8 cm³/mol. The second-order valence-electron chi connectivity index (χ2n) is 5.85. The number of nitrogens with zero attached hydrogens (tertiary/aromatic N) is 3. The van der Waals surface area contributed by atoms with Crippen LogP contribution in [0.2, 0.25) is 0 Å². The van der Waals surface area contributed by atoms with Crippen LogP contribution in [0.5, 0.6) is 0 Å². The molecule has 2 N–H and O–H groups in total. The Hall–Kier alpha value is -1.65. The Balaban J connectivity index is 1.97. The van der Waals surface area contributed by atoms with Gasteiger partial charge in [0.05, 0.1) is 5.52 Å². The Morgan fingerprint density at radius 1 is 1.14 bits per heavy atom. The monoisotopic (exact) mass is 284 g/mol. The first-order valence-corrected chi connectivity index (χ1v) is 7.80. The largest absolute Gasteiger partial charge is 0.354 e. The van der Waals surface area contributed by atoms with E-state index >= 15 is 0 Å². The van der Waals surface area contributed by atoms with Crippen molar-refractivity contribution in [2.45, 2.75) is 12.8 Å². The average Bonchev–Trinajstić information content (AvgIpc) is 2.53. The van der Waals surface area contributed by atoms with Crippen LogP contribution in [0.4, 0.5) is 5.82 Å². The Morgan fingerprint density at radius 2 is 1.90 bits per heavy atom. The van der Waals surface area contributed by atoms with Gasteiger partial charge in [-0.25, -0.2) is 4.98 Å². The number of nitrogens with two attached hydrogens (primary N) is 1. The first-order valence-electron chi connectivity index (χ1n) is 7.80. The minimum absolute atomic E-state index is 0.731. The summed E-state index contributed by atoms with van der Waals surface area (Å²) >= 11 is 0. The third kappa shape index (κ3) is 3.17. The number of benzene rings is 1. The van der Waals surface area contributed by atoms with Gasteiger partial charge in [0.1, 0.15) is 5.82 Å². The zero-order valence-electron chi connectivity index (χ0n) is 12.8. The average molecular weight is 284 g/mol. The Bertz CT molecular complexity index is 603. The maximum atomic E-state index is 5.70. The number of rotatable bonds is 4. The highest BCUT2D eigenvalue weighted by molar-refractivity contribution is 5.81. The molecule has 1 aromatic carbocycles. The fraction of sp³-hybridized carbons (Fsp3) is 0.471. The van der Waals surface area contributed by atoms with Gasteiger partial charge >= 0.3 is 0 Å². The summed E-state index contributed by atoms with van der Waals surface area (Å²) in [6, 6.07) is 10.7. The van der Waals surface area contributed by atoms with E-state index in [2.05, 4.69) is 47.2 Å². The summed E-state index contributed by atoms with van der Waals surface area (Å²) < 4.78 is 0. The normalized spacial score (nSPS) is 16.6. The van der Waals surface area contributed by atoms with Crippen molar-refractivity contribution in [1.29, 1.82) is 0 Å². The van der Waals surface area contributed by atoms with E-state index in [4.69, 9.17) is 10.7 Å². The summed E-state index contributed by atoms with van der Waals surface area (Å²) in [4.78, 5) is 9.74. The highest BCUT2D eigenvalue weighted by atomic mass is 15.3. The molecule has 1 saturated heterocycles. The number of hydrogen-bond donors (Lipinski definition) is 1. The number of fused-ring (bicyclic) bond motifs is 1. The fourth-order valence-electron chi connectivity index (χ4n) is 2.92. The third-order valence-electron chi connectivity index (χ3n) is 4.23. The lowest BCUT2D eigenvalue weighted by Gasteiger charge is -2.34. The molecule has 21 heavy (non-hydrogen) atoms. The number of pyridine rings is 1. The molecule has 0 unspecified atom stereocenters. The lowest BCUT2D eigenvalue weighted by molar-refractivity contribution is 0.312. The SMILES string of the molecule is CN1CCN(c2nc3ccccc3cc2CCCN)CC1. The lowest BCUT2D eigenvalue weighted by atomic mass is 10.1. The van der Waals surface area contributed by atoms with Crippen LogP contribution >= 0.6 is 0 Å². The summed E-state index contributed by atoms with van der Waals surface area (Å²) in [5.74, 6) is 1.16. The van der Waals surface area contributed by atoms with Crippen molar-refractivity contribution in [1.82, 2.24) is 9.88 Å². The molecule has 3 rings (SSSR count). The quantitative estimate of drug-likeness (QED) is 0.931. The molecule has 1 aliphatic heterocycles. The molecule has 1 aromatic heterocycles. The number of hydrogen-bond acceptors (Lipinski definition) is 4. The Labute approximate surface area is 126 Å². The minimum Gasteiger partial charge on any atom is -0.354 e. The van der Waals surface area contributed by atoms with Crippen LogP contribution in [-0.2, 0) is 6.42 Å². The van der Waals surface area contributed by atoms with Gasteiger partial charge in [-0.2, -0.15) is 0 Å². The summed E-state index contributed by atoms with van der Waals surface area (Å²) in [5, 5.41) is 1.22. The molecule has 0 bridgehead atoms. The number of anilines is 1. The van der Waals surface area contributed by atoms with Crippen molar-refractivity contribution in [2.24, 2.45) is 5.73 Å². The van der Waals surface area contributed by atoms with E-state index in [-0.39, 0.29) is 0 Å². The van der Waals surface area contributed by atoms with Crippen LogP contribution in [0.3, 0.4) is 0 Å². The Kier molecular flexibility index (Phi) is 4.36. The topological polar surface area (TPSA) is 45.4 Å². The molecule has 0 aliphatic carbocycles. The number of para-hydroxylation sites is 1. The number of aromatic nitrogens is 1. The molecule has 4 nitrogen and oxygen atoms in total. The van der Waals surface area contributed by atoms with E-state index in [9.17, 15) is 0 Å². The molecule has 0 saturated carbocycles. The van der Waals surface area contributed by atoms with Crippen molar-refractivity contribution >= 4 is 16.7 Å². The molecule has 2 aromatic rings. The van der Waals surface area contributed by atoms with Gasteiger partial charge in [0.2, 0.25) is 0 Å². The van der Waals surface area contributed by atoms with E-state index in [1.54, 1.807) is 0 Å². The highest BCUT2D eigenvalue weighted by Crippen LogP contribution is 2.25. The summed E-state index contributed by atoms with van der Waals surface area (Å²) in [7, 11) is 2.18. The van der Waals surface area contributed by atoms with Crippen molar-refractivity contribution < 1.29 is 0 Å². The summed E-state index contributed by atoms with van der Waals surface area (Å²) in [5.41, 5.74) is 8.12. The molecule has 4 heteroatoms. The van der Waals surface area contributed by atoms with Gasteiger partial charge in [-0.05, 0) is 44.1 Å². The zero-order chi connectivity index (χ0) is 14.7. The molecular weight excluding hydrogens is 260 g/mol. The van der Waals surface area contributed by atoms with Gasteiger partial charge in [0.25, 0.3) is 0 Å². The fourth-order valence-corrected chi connectivity index (χ4v) is 2.92. The lowest BCUT2D eigenvalue weighted by Crippen LogP contribution is -2.45. The molecule has 0 spiro atoms. The van der Waals surface area contributed by atoms with Gasteiger partial charge in [-0.1, -0.05) is 18.2 Å². The zero-order valence-corrected chi connectivity index (χ0v) is 12.8. The maximum Gasteiger partial charge on any atom is 0.132 e. The standard InChI is InChI=1S/C17H24N4/c1-20-9-11-21(12-10-20)17-15(6-4-8-18)13-14-5-2-3-7-16(14)19-17/h2-3,5,7,13H,4,6,8-12,18H2,1H3. The van der Waals surface area contributed by atoms with Gasteiger partial charge in [0, 0.05) is 31.6 Å². The summed E-state index contributed by atoms with van der Waals surface area (Å²) in [6.45, 7) is 5.04. The van der Waals surface area contributed by atoms with Crippen molar-refractivity contribution in [3.8, 4) is 0 Å². The van der Waals surface area contributed by atoms with Crippen molar-refractivity contribution in [3.63, 3.8) is 0 Å². The Morgan fingerprint density at radius 3 is 2.67 bits per heavy atom.